The van der Waals surface area contributed by atoms with Gasteiger partial charge in [0.15, 0.2) is 0 Å². The van der Waals surface area contributed by atoms with Gasteiger partial charge in [0.05, 0.1) is 22.1 Å². The van der Waals surface area contributed by atoms with Crippen LogP contribution in [0, 0.1) is 0 Å². The van der Waals surface area contributed by atoms with E-state index in [9.17, 15) is 0 Å². The SMILES string of the molecule is CC1(C)c2cc(-c3ccc4c(c3)c3ccccc3n4-c3ccccc3)ccc2-c2ccc(N(c3ccc(-c4ccccc4)cc3)c3ccc(-c4ccc(-c5ccc6c7ccccc7n(-c7ccccc7)c6c5)cc4)cc3)cc21. The highest BCUT2D eigenvalue weighted by Crippen LogP contribution is 2.52. The van der Waals surface area contributed by atoms with Gasteiger partial charge in [-0.2, -0.15) is 0 Å². The van der Waals surface area contributed by atoms with E-state index in [1.807, 2.05) is 0 Å². The Labute approximate surface area is 454 Å². The van der Waals surface area contributed by atoms with Crippen LogP contribution in [-0.2, 0) is 5.41 Å². The van der Waals surface area contributed by atoms with Crippen molar-refractivity contribution in [1.82, 2.24) is 9.13 Å². The predicted molar refractivity (Wildman–Crippen MR) is 329 cm³/mol. The monoisotopic (exact) mass is 995 g/mol. The van der Waals surface area contributed by atoms with Crippen molar-refractivity contribution in [2.24, 2.45) is 0 Å². The van der Waals surface area contributed by atoms with Crippen molar-refractivity contribution in [3.05, 3.63) is 296 Å². The van der Waals surface area contributed by atoms with E-state index in [2.05, 4.69) is 313 Å². The maximum Gasteiger partial charge on any atom is 0.0547 e. The standard InChI is InChI=1S/C75H53N3/c1-75(2)69-47-56(55-36-45-73-68(46-55)66-23-13-15-25-72(66)77(73)58-18-8-4-9-19-58)34-42-63(69)64-44-41-62(49-70(64)75)76(60-37-30-52(31-38-60)50-16-6-3-7-17-50)61-39-32-53(33-40-61)51-26-28-54(29-27-51)57-35-43-67-65-22-12-14-24-71(65)78(74(67)48-57)59-20-10-5-11-21-59/h3-49H,1-2H3. The van der Waals surface area contributed by atoms with Gasteiger partial charge in [0.1, 0.15) is 0 Å². The van der Waals surface area contributed by atoms with Gasteiger partial charge in [-0.1, -0.05) is 202 Å². The van der Waals surface area contributed by atoms with Gasteiger partial charge in [-0.3, -0.25) is 0 Å². The molecule has 1 aliphatic carbocycles. The van der Waals surface area contributed by atoms with Crippen LogP contribution in [0.25, 0.3) is 111 Å². The molecule has 2 heterocycles. The van der Waals surface area contributed by atoms with Crippen LogP contribution in [-0.4, -0.2) is 9.13 Å². The van der Waals surface area contributed by atoms with Gasteiger partial charge >= 0.3 is 0 Å². The number of fused-ring (bicyclic) bond motifs is 9. The molecule has 0 aliphatic heterocycles. The minimum atomic E-state index is -0.241. The van der Waals surface area contributed by atoms with Crippen molar-refractivity contribution < 1.29 is 0 Å². The van der Waals surface area contributed by atoms with Gasteiger partial charge in [-0.05, 0) is 164 Å². The number of rotatable bonds is 9. The average molecular weight is 996 g/mol. The summed E-state index contributed by atoms with van der Waals surface area (Å²) in [5.41, 5.74) is 25.1. The third-order valence-corrected chi connectivity index (χ3v) is 16.5. The lowest BCUT2D eigenvalue weighted by Gasteiger charge is -2.28. The summed E-state index contributed by atoms with van der Waals surface area (Å²) in [5.74, 6) is 0. The van der Waals surface area contributed by atoms with Crippen molar-refractivity contribution in [1.29, 1.82) is 0 Å². The summed E-state index contributed by atoms with van der Waals surface area (Å²) in [4.78, 5) is 2.42. The van der Waals surface area contributed by atoms with Crippen LogP contribution in [0.2, 0.25) is 0 Å². The highest BCUT2D eigenvalue weighted by Gasteiger charge is 2.36. The number of benzene rings is 12. The molecule has 0 atom stereocenters. The van der Waals surface area contributed by atoms with Crippen LogP contribution in [0.5, 0.6) is 0 Å². The molecule has 0 spiro atoms. The zero-order valence-electron chi connectivity index (χ0n) is 43.5. The van der Waals surface area contributed by atoms with Crippen LogP contribution < -0.4 is 4.90 Å². The molecule has 0 N–H and O–H groups in total. The second-order valence-corrected chi connectivity index (χ2v) is 21.3. The Balaban J connectivity index is 0.763. The Morgan fingerprint density at radius 1 is 0.256 bits per heavy atom. The Morgan fingerprint density at radius 3 is 1.23 bits per heavy atom. The summed E-state index contributed by atoms with van der Waals surface area (Å²) in [7, 11) is 0. The van der Waals surface area contributed by atoms with Gasteiger partial charge < -0.3 is 14.0 Å². The summed E-state index contributed by atoms with van der Waals surface area (Å²) in [6.45, 7) is 4.79. The Bertz CT molecular complexity index is 4580. The van der Waals surface area contributed by atoms with E-state index in [0.29, 0.717) is 0 Å². The minimum absolute atomic E-state index is 0.241. The minimum Gasteiger partial charge on any atom is -0.310 e. The molecule has 0 unspecified atom stereocenters. The Morgan fingerprint density at radius 2 is 0.628 bits per heavy atom. The first kappa shape index (κ1) is 45.4. The van der Waals surface area contributed by atoms with E-state index in [0.717, 1.165) is 22.7 Å². The van der Waals surface area contributed by atoms with Crippen molar-refractivity contribution in [3.8, 4) is 67.0 Å². The number of hydrogen-bond acceptors (Lipinski definition) is 1. The highest BCUT2D eigenvalue weighted by molar-refractivity contribution is 6.11. The zero-order chi connectivity index (χ0) is 51.9. The van der Waals surface area contributed by atoms with E-state index in [1.165, 1.54) is 116 Å². The molecule has 0 saturated heterocycles. The molecule has 368 valence electrons. The fraction of sp³-hybridized carbons (Fsp3) is 0.0400. The normalized spacial score (nSPS) is 12.6. The van der Waals surface area contributed by atoms with Gasteiger partial charge in [0, 0.05) is 55.4 Å². The molecule has 15 rings (SSSR count). The number of para-hydroxylation sites is 4. The first-order chi connectivity index (χ1) is 38.4. The summed E-state index contributed by atoms with van der Waals surface area (Å²) < 4.78 is 4.77. The highest BCUT2D eigenvalue weighted by atomic mass is 15.1. The number of hydrogen-bond donors (Lipinski definition) is 0. The molecule has 78 heavy (non-hydrogen) atoms. The third-order valence-electron chi connectivity index (χ3n) is 16.5. The van der Waals surface area contributed by atoms with Gasteiger partial charge in [-0.25, -0.2) is 0 Å². The predicted octanol–water partition coefficient (Wildman–Crippen LogP) is 20.3. The molecule has 2 aromatic heterocycles. The molecule has 12 aromatic carbocycles. The summed E-state index contributed by atoms with van der Waals surface area (Å²) >= 11 is 0. The molecule has 0 amide bonds. The smallest absolute Gasteiger partial charge is 0.0547 e. The zero-order valence-corrected chi connectivity index (χ0v) is 43.5. The summed E-state index contributed by atoms with van der Waals surface area (Å²) in [6.07, 6.45) is 0. The average Bonchev–Trinajstić information content (AvgIpc) is 4.33. The van der Waals surface area contributed by atoms with Crippen molar-refractivity contribution in [2.45, 2.75) is 19.3 Å². The van der Waals surface area contributed by atoms with Crippen LogP contribution in [0.4, 0.5) is 17.1 Å². The van der Waals surface area contributed by atoms with E-state index >= 15 is 0 Å². The van der Waals surface area contributed by atoms with Crippen LogP contribution in [0.1, 0.15) is 25.0 Å². The lowest BCUT2D eigenvalue weighted by Crippen LogP contribution is -2.16. The third kappa shape index (κ3) is 7.42. The molecule has 0 radical (unpaired) electrons. The molecule has 0 fully saturated rings. The largest absolute Gasteiger partial charge is 0.310 e. The quantitative estimate of drug-likeness (QED) is 0.140. The second kappa shape index (κ2) is 18.1. The van der Waals surface area contributed by atoms with Crippen molar-refractivity contribution in [2.75, 3.05) is 4.90 Å². The molecular formula is C75H53N3. The molecular weight excluding hydrogens is 943 g/mol. The fourth-order valence-electron chi connectivity index (χ4n) is 12.6. The number of anilines is 3. The topological polar surface area (TPSA) is 13.1 Å². The summed E-state index contributed by atoms with van der Waals surface area (Å²) in [6, 6.07) is 105. The number of nitrogens with zero attached hydrogens (tertiary/aromatic N) is 3. The van der Waals surface area contributed by atoms with Crippen LogP contribution in [0.15, 0.2) is 285 Å². The maximum atomic E-state index is 2.45. The molecule has 0 saturated carbocycles. The Hall–Kier alpha value is -9.96. The van der Waals surface area contributed by atoms with Gasteiger partial charge in [0.2, 0.25) is 0 Å². The van der Waals surface area contributed by atoms with Gasteiger partial charge in [-0.15, -0.1) is 0 Å². The van der Waals surface area contributed by atoms with E-state index in [-0.39, 0.29) is 5.41 Å². The van der Waals surface area contributed by atoms with Crippen LogP contribution >= 0.6 is 0 Å². The second-order valence-electron chi connectivity index (χ2n) is 21.3. The molecule has 0 bridgehead atoms. The maximum absolute atomic E-state index is 2.45. The first-order valence-electron chi connectivity index (χ1n) is 27.1. The summed E-state index contributed by atoms with van der Waals surface area (Å²) in [5, 5.41) is 5.04. The molecule has 14 aromatic rings. The number of aromatic nitrogens is 2. The van der Waals surface area contributed by atoms with E-state index in [4.69, 9.17) is 0 Å². The fourth-order valence-corrected chi connectivity index (χ4v) is 12.6. The van der Waals surface area contributed by atoms with Crippen molar-refractivity contribution in [3.63, 3.8) is 0 Å². The first-order valence-corrected chi connectivity index (χ1v) is 27.1. The van der Waals surface area contributed by atoms with E-state index in [1.54, 1.807) is 0 Å². The molecule has 3 heteroatoms. The van der Waals surface area contributed by atoms with Gasteiger partial charge in [0.25, 0.3) is 0 Å². The lowest BCUT2D eigenvalue weighted by molar-refractivity contribution is 0.660. The lowest BCUT2D eigenvalue weighted by atomic mass is 9.81. The molecule has 3 nitrogen and oxygen atoms in total. The van der Waals surface area contributed by atoms with Crippen molar-refractivity contribution >= 4 is 60.7 Å². The molecule has 1 aliphatic rings. The Kier molecular flexibility index (Phi) is 10.6. The van der Waals surface area contributed by atoms with Crippen LogP contribution in [0.3, 0.4) is 0 Å². The van der Waals surface area contributed by atoms with E-state index < -0.39 is 0 Å².